The average molecular weight is 324 g/mol. The number of rotatable bonds is 3. The first kappa shape index (κ1) is 13.9. The second kappa shape index (κ2) is 5.61. The van der Waals surface area contributed by atoms with E-state index in [-0.39, 0.29) is 11.6 Å². The van der Waals surface area contributed by atoms with Gasteiger partial charge in [0.15, 0.2) is 0 Å². The average Bonchev–Trinajstić information content (AvgIpc) is 2.37. The van der Waals surface area contributed by atoms with Gasteiger partial charge in [-0.05, 0) is 37.6 Å². The van der Waals surface area contributed by atoms with Crippen molar-refractivity contribution in [3.05, 3.63) is 57.3 Å². The van der Waals surface area contributed by atoms with E-state index in [1.165, 1.54) is 6.07 Å². The van der Waals surface area contributed by atoms with Gasteiger partial charge in [-0.2, -0.15) is 0 Å². The van der Waals surface area contributed by atoms with Crippen LogP contribution in [-0.2, 0) is 6.54 Å². The van der Waals surface area contributed by atoms with E-state index in [0.29, 0.717) is 12.1 Å². The highest BCUT2D eigenvalue weighted by molar-refractivity contribution is 9.10. The Labute approximate surface area is 120 Å². The summed E-state index contributed by atoms with van der Waals surface area (Å²) in [4.78, 5) is 0. The zero-order valence-corrected chi connectivity index (χ0v) is 12.4. The topological polar surface area (TPSA) is 32.3 Å². The number of benzene rings is 2. The van der Waals surface area contributed by atoms with Crippen molar-refractivity contribution in [2.75, 3.05) is 5.32 Å². The molecule has 100 valence electrons. The first-order valence-corrected chi connectivity index (χ1v) is 6.75. The van der Waals surface area contributed by atoms with Crippen molar-refractivity contribution in [1.29, 1.82) is 0 Å². The van der Waals surface area contributed by atoms with Crippen LogP contribution in [0.3, 0.4) is 0 Å². The van der Waals surface area contributed by atoms with Crippen molar-refractivity contribution in [2.24, 2.45) is 0 Å². The predicted molar refractivity (Wildman–Crippen MR) is 79.0 cm³/mol. The second-order valence-electron chi connectivity index (χ2n) is 4.49. The molecule has 2 N–H and O–H groups in total. The van der Waals surface area contributed by atoms with Crippen LogP contribution in [0.1, 0.15) is 16.7 Å². The molecule has 19 heavy (non-hydrogen) atoms. The van der Waals surface area contributed by atoms with E-state index in [2.05, 4.69) is 21.2 Å². The van der Waals surface area contributed by atoms with Crippen molar-refractivity contribution in [3.63, 3.8) is 0 Å². The van der Waals surface area contributed by atoms with Gasteiger partial charge in [0.1, 0.15) is 11.6 Å². The summed E-state index contributed by atoms with van der Waals surface area (Å²) in [5.74, 6) is 0.0251. The largest absolute Gasteiger partial charge is 0.507 e. The van der Waals surface area contributed by atoms with Gasteiger partial charge in [0, 0.05) is 27.8 Å². The van der Waals surface area contributed by atoms with Crippen LogP contribution in [0.2, 0.25) is 0 Å². The van der Waals surface area contributed by atoms with Crippen molar-refractivity contribution in [2.45, 2.75) is 20.4 Å². The lowest BCUT2D eigenvalue weighted by atomic mass is 10.1. The summed E-state index contributed by atoms with van der Waals surface area (Å²) < 4.78 is 14.4. The third-order valence-electron chi connectivity index (χ3n) is 3.12. The maximum Gasteiger partial charge on any atom is 0.129 e. The van der Waals surface area contributed by atoms with Crippen LogP contribution >= 0.6 is 15.9 Å². The summed E-state index contributed by atoms with van der Waals surface area (Å²) in [5, 5.41) is 13.0. The van der Waals surface area contributed by atoms with Gasteiger partial charge in [0.05, 0.1) is 0 Å². The molecule has 0 aliphatic carbocycles. The Hall–Kier alpha value is -1.55. The maximum atomic E-state index is 13.7. The third-order valence-corrected chi connectivity index (χ3v) is 3.61. The second-order valence-corrected chi connectivity index (χ2v) is 5.41. The van der Waals surface area contributed by atoms with E-state index in [0.717, 1.165) is 21.3 Å². The van der Waals surface area contributed by atoms with E-state index in [9.17, 15) is 9.50 Å². The minimum Gasteiger partial charge on any atom is -0.507 e. The van der Waals surface area contributed by atoms with Gasteiger partial charge < -0.3 is 10.4 Å². The molecule has 0 spiro atoms. The molecule has 0 unspecified atom stereocenters. The Morgan fingerprint density at radius 3 is 2.63 bits per heavy atom. The van der Waals surface area contributed by atoms with E-state index in [1.807, 2.05) is 26.0 Å². The summed E-state index contributed by atoms with van der Waals surface area (Å²) in [7, 11) is 0. The molecule has 0 radical (unpaired) electrons. The highest BCUT2D eigenvalue weighted by atomic mass is 79.9. The molecule has 0 bridgehead atoms. The van der Waals surface area contributed by atoms with Crippen molar-refractivity contribution in [1.82, 2.24) is 0 Å². The van der Waals surface area contributed by atoms with Crippen LogP contribution in [0.5, 0.6) is 5.75 Å². The van der Waals surface area contributed by atoms with E-state index < -0.39 is 0 Å². The van der Waals surface area contributed by atoms with Crippen molar-refractivity contribution >= 4 is 21.6 Å². The number of nitrogens with one attached hydrogen (secondary N) is 1. The fourth-order valence-corrected chi connectivity index (χ4v) is 2.22. The molecule has 2 rings (SSSR count). The van der Waals surface area contributed by atoms with Gasteiger partial charge in [-0.15, -0.1) is 0 Å². The zero-order chi connectivity index (χ0) is 14.0. The molecule has 2 aromatic rings. The molecule has 0 aliphatic rings. The highest BCUT2D eigenvalue weighted by Gasteiger charge is 2.07. The first-order chi connectivity index (χ1) is 8.99. The molecule has 0 aromatic heterocycles. The highest BCUT2D eigenvalue weighted by Crippen LogP contribution is 2.28. The van der Waals surface area contributed by atoms with Gasteiger partial charge in [0.2, 0.25) is 0 Å². The maximum absolute atomic E-state index is 13.7. The summed E-state index contributed by atoms with van der Waals surface area (Å²) in [5.41, 5.74) is 3.00. The van der Waals surface area contributed by atoms with Crippen molar-refractivity contribution < 1.29 is 9.50 Å². The fraction of sp³-hybridized carbons (Fsp3) is 0.200. The molecular weight excluding hydrogens is 309 g/mol. The number of halogens is 2. The Bertz CT molecular complexity index is 613. The predicted octanol–water partition coefficient (Wildman–Crippen LogP) is 4.52. The molecule has 0 saturated carbocycles. The number of aromatic hydroxyl groups is 1. The molecule has 0 atom stereocenters. The normalized spacial score (nSPS) is 10.5. The molecule has 0 heterocycles. The van der Waals surface area contributed by atoms with Gasteiger partial charge in [0.25, 0.3) is 0 Å². The monoisotopic (exact) mass is 323 g/mol. The number of hydrogen-bond donors (Lipinski definition) is 2. The van der Waals surface area contributed by atoms with Crippen LogP contribution in [0.15, 0.2) is 34.8 Å². The molecule has 0 saturated heterocycles. The fourth-order valence-electron chi connectivity index (χ4n) is 1.88. The van der Waals surface area contributed by atoms with Crippen LogP contribution in [-0.4, -0.2) is 5.11 Å². The first-order valence-electron chi connectivity index (χ1n) is 5.96. The lowest BCUT2D eigenvalue weighted by Gasteiger charge is -2.13. The lowest BCUT2D eigenvalue weighted by Crippen LogP contribution is -2.03. The molecule has 4 heteroatoms. The van der Waals surface area contributed by atoms with Crippen LogP contribution in [0, 0.1) is 19.7 Å². The lowest BCUT2D eigenvalue weighted by molar-refractivity contribution is 0.467. The smallest absolute Gasteiger partial charge is 0.129 e. The standard InChI is InChI=1S/C15H15BrFNO/c1-9-3-6-14(10(2)15(9)19)18-8-11-4-5-12(16)7-13(11)17/h3-7,18-19H,8H2,1-2H3. The Morgan fingerprint density at radius 1 is 1.21 bits per heavy atom. The summed E-state index contributed by atoms with van der Waals surface area (Å²) in [6.07, 6.45) is 0. The van der Waals surface area contributed by atoms with Gasteiger partial charge in [-0.1, -0.05) is 28.1 Å². The van der Waals surface area contributed by atoms with Gasteiger partial charge >= 0.3 is 0 Å². The Kier molecular flexibility index (Phi) is 4.10. The van der Waals surface area contributed by atoms with Gasteiger partial charge in [-0.3, -0.25) is 0 Å². The zero-order valence-electron chi connectivity index (χ0n) is 10.8. The van der Waals surface area contributed by atoms with Gasteiger partial charge in [-0.25, -0.2) is 4.39 Å². The molecular formula is C15H15BrFNO. The summed E-state index contributed by atoms with van der Waals surface area (Å²) in [6.45, 7) is 4.06. The Balaban J connectivity index is 2.17. The molecule has 2 nitrogen and oxygen atoms in total. The number of anilines is 1. The summed E-state index contributed by atoms with van der Waals surface area (Å²) in [6, 6.07) is 8.70. The third kappa shape index (κ3) is 3.07. The van der Waals surface area contributed by atoms with E-state index >= 15 is 0 Å². The van der Waals surface area contributed by atoms with E-state index in [4.69, 9.17) is 0 Å². The summed E-state index contributed by atoms with van der Waals surface area (Å²) >= 11 is 3.23. The quantitative estimate of drug-likeness (QED) is 0.870. The van der Waals surface area contributed by atoms with Crippen LogP contribution in [0.25, 0.3) is 0 Å². The molecule has 2 aromatic carbocycles. The minimum absolute atomic E-state index is 0.254. The number of phenolic OH excluding ortho intramolecular Hbond substituents is 1. The number of aryl methyl sites for hydroxylation is 1. The van der Waals surface area contributed by atoms with Crippen LogP contribution in [0.4, 0.5) is 10.1 Å². The molecule has 0 aliphatic heterocycles. The number of hydrogen-bond acceptors (Lipinski definition) is 2. The van der Waals surface area contributed by atoms with E-state index in [1.54, 1.807) is 12.1 Å². The molecule has 0 amide bonds. The number of phenols is 1. The minimum atomic E-state index is -0.254. The SMILES string of the molecule is Cc1ccc(NCc2ccc(Br)cc2F)c(C)c1O. The Morgan fingerprint density at radius 2 is 1.95 bits per heavy atom. The van der Waals surface area contributed by atoms with Crippen molar-refractivity contribution in [3.8, 4) is 5.75 Å². The van der Waals surface area contributed by atoms with Crippen LogP contribution < -0.4 is 5.32 Å². The molecule has 0 fully saturated rings.